The van der Waals surface area contributed by atoms with Crippen LogP contribution in [0.3, 0.4) is 0 Å². The number of nitrogen functional groups attached to an aromatic ring is 2. The molecule has 0 amide bonds. The van der Waals surface area contributed by atoms with Crippen LogP contribution in [-0.2, 0) is 0 Å². The Morgan fingerprint density at radius 2 is 1.63 bits per heavy atom. The zero-order chi connectivity index (χ0) is 19.6. The van der Waals surface area contributed by atoms with Gasteiger partial charge in [-0.15, -0.1) is 0 Å². The number of halogens is 3. The fraction of sp³-hybridized carbons (Fsp3) is 0.0500. The monoisotopic (exact) mass is 368 g/mol. The van der Waals surface area contributed by atoms with Crippen LogP contribution in [0.25, 0.3) is 0 Å². The molecule has 3 rings (SSSR count). The van der Waals surface area contributed by atoms with Gasteiger partial charge in [-0.25, -0.2) is 18.2 Å². The predicted molar refractivity (Wildman–Crippen MR) is 97.8 cm³/mol. The van der Waals surface area contributed by atoms with E-state index >= 15 is 0 Å². The fourth-order valence-electron chi connectivity index (χ4n) is 2.48. The van der Waals surface area contributed by atoms with Gasteiger partial charge in [-0.2, -0.15) is 0 Å². The number of rotatable bonds is 2. The molecule has 0 saturated heterocycles. The fourth-order valence-corrected chi connectivity index (χ4v) is 2.48. The van der Waals surface area contributed by atoms with Gasteiger partial charge in [0.2, 0.25) is 0 Å². The molecule has 6 N–H and O–H groups in total. The van der Waals surface area contributed by atoms with Crippen molar-refractivity contribution in [3.63, 3.8) is 0 Å². The molecule has 0 aliphatic carbocycles. The highest BCUT2D eigenvalue weighted by molar-refractivity contribution is 5.54. The largest absolute Gasteiger partial charge is 0.396 e. The minimum Gasteiger partial charge on any atom is -0.396 e. The van der Waals surface area contributed by atoms with E-state index in [-0.39, 0.29) is 17.3 Å². The first kappa shape index (κ1) is 18.3. The summed E-state index contributed by atoms with van der Waals surface area (Å²) in [7, 11) is 0. The second kappa shape index (κ2) is 7.40. The molecule has 27 heavy (non-hydrogen) atoms. The van der Waals surface area contributed by atoms with Gasteiger partial charge >= 0.3 is 0 Å². The van der Waals surface area contributed by atoms with Crippen molar-refractivity contribution in [3.8, 4) is 11.8 Å². The summed E-state index contributed by atoms with van der Waals surface area (Å²) in [5.74, 6) is 3.11. The number of hydrogen-bond donors (Lipinski definition) is 3. The van der Waals surface area contributed by atoms with Crippen molar-refractivity contribution < 1.29 is 13.2 Å². The molecule has 4 nitrogen and oxygen atoms in total. The summed E-state index contributed by atoms with van der Waals surface area (Å²) in [5.41, 5.74) is 18.3. The first-order chi connectivity index (χ1) is 12.9. The first-order valence-corrected chi connectivity index (χ1v) is 7.88. The third-order valence-electron chi connectivity index (χ3n) is 3.97. The number of hydrogen-bond acceptors (Lipinski definition) is 4. The summed E-state index contributed by atoms with van der Waals surface area (Å²) < 4.78 is 40.8. The Labute approximate surface area is 153 Å². The van der Waals surface area contributed by atoms with Crippen molar-refractivity contribution in [2.75, 3.05) is 11.5 Å². The van der Waals surface area contributed by atoms with Gasteiger partial charge in [0.15, 0.2) is 5.82 Å². The van der Waals surface area contributed by atoms with Crippen molar-refractivity contribution in [1.29, 1.82) is 0 Å². The number of pyridine rings is 1. The van der Waals surface area contributed by atoms with Gasteiger partial charge in [0.1, 0.15) is 17.5 Å². The minimum atomic E-state index is -0.922. The van der Waals surface area contributed by atoms with Crippen LogP contribution in [-0.4, -0.2) is 4.98 Å². The lowest BCUT2D eigenvalue weighted by Gasteiger charge is -2.14. The molecule has 0 fully saturated rings. The average Bonchev–Trinajstić information content (AvgIpc) is 2.66. The number of nitrogens with two attached hydrogens (primary N) is 3. The Kier molecular flexibility index (Phi) is 5.01. The summed E-state index contributed by atoms with van der Waals surface area (Å²) in [6.45, 7) is 0. The van der Waals surface area contributed by atoms with Crippen LogP contribution < -0.4 is 17.2 Å². The van der Waals surface area contributed by atoms with Crippen LogP contribution >= 0.6 is 0 Å². The lowest BCUT2D eigenvalue weighted by atomic mass is 9.99. The number of anilines is 2. The third kappa shape index (κ3) is 3.86. The molecule has 1 atom stereocenters. The molecule has 1 unspecified atom stereocenters. The van der Waals surface area contributed by atoms with E-state index in [0.717, 1.165) is 12.1 Å². The zero-order valence-electron chi connectivity index (χ0n) is 14.0. The molecule has 0 saturated carbocycles. The highest BCUT2D eigenvalue weighted by Gasteiger charge is 2.14. The van der Waals surface area contributed by atoms with Crippen LogP contribution in [0.1, 0.15) is 28.3 Å². The standard InChI is InChI=1S/C20H15F3N4/c21-13-4-2-12(3-5-13)19(25)15-9-11(10-27-20(15)26)1-6-14-16(22)7-8-17(24)18(14)23/h2-5,7-10,19H,24-25H2,(H2,26,27). The summed E-state index contributed by atoms with van der Waals surface area (Å²) >= 11 is 0. The first-order valence-electron chi connectivity index (χ1n) is 7.88. The molecule has 3 aromatic rings. The molecule has 0 aliphatic rings. The van der Waals surface area contributed by atoms with Crippen LogP contribution in [0.5, 0.6) is 0 Å². The average molecular weight is 368 g/mol. The summed E-state index contributed by atoms with van der Waals surface area (Å²) in [5, 5.41) is 0. The molecule has 1 heterocycles. The lowest BCUT2D eigenvalue weighted by molar-refractivity contribution is 0.580. The van der Waals surface area contributed by atoms with E-state index in [2.05, 4.69) is 16.8 Å². The Balaban J connectivity index is 1.98. The Bertz CT molecular complexity index is 1050. The Hall–Kier alpha value is -3.50. The van der Waals surface area contributed by atoms with Crippen LogP contribution in [0.2, 0.25) is 0 Å². The number of nitrogens with zero attached hydrogens (tertiary/aromatic N) is 1. The van der Waals surface area contributed by atoms with Crippen molar-refractivity contribution in [2.45, 2.75) is 6.04 Å². The summed E-state index contributed by atoms with van der Waals surface area (Å²) in [6.07, 6.45) is 1.37. The van der Waals surface area contributed by atoms with Crippen LogP contribution in [0, 0.1) is 29.3 Å². The molecular weight excluding hydrogens is 353 g/mol. The second-order valence-corrected chi connectivity index (χ2v) is 5.80. The van der Waals surface area contributed by atoms with E-state index in [1.807, 2.05) is 0 Å². The molecule has 1 aromatic heterocycles. The van der Waals surface area contributed by atoms with Gasteiger partial charge in [-0.1, -0.05) is 24.0 Å². The molecule has 0 bridgehead atoms. The van der Waals surface area contributed by atoms with Crippen LogP contribution in [0.4, 0.5) is 24.7 Å². The molecule has 0 spiro atoms. The summed E-state index contributed by atoms with van der Waals surface area (Å²) in [6, 6.07) is 8.72. The normalized spacial score (nSPS) is 11.6. The second-order valence-electron chi connectivity index (χ2n) is 5.80. The van der Waals surface area contributed by atoms with E-state index in [1.54, 1.807) is 6.07 Å². The quantitative estimate of drug-likeness (QED) is 0.479. The number of aromatic nitrogens is 1. The van der Waals surface area contributed by atoms with Gasteiger partial charge in [0, 0.05) is 17.3 Å². The Morgan fingerprint density at radius 1 is 0.926 bits per heavy atom. The maximum Gasteiger partial charge on any atom is 0.164 e. The maximum absolute atomic E-state index is 13.9. The maximum atomic E-state index is 13.9. The molecule has 0 aliphatic heterocycles. The van der Waals surface area contributed by atoms with Gasteiger partial charge in [0.25, 0.3) is 0 Å². The minimum absolute atomic E-state index is 0.179. The molecule has 0 radical (unpaired) electrons. The van der Waals surface area contributed by atoms with E-state index in [9.17, 15) is 13.2 Å². The van der Waals surface area contributed by atoms with Crippen molar-refractivity contribution in [1.82, 2.24) is 4.98 Å². The predicted octanol–water partition coefficient (Wildman–Crippen LogP) is 3.11. The van der Waals surface area contributed by atoms with Gasteiger partial charge in [-0.05, 0) is 35.9 Å². The van der Waals surface area contributed by atoms with E-state index in [1.165, 1.54) is 30.5 Å². The smallest absolute Gasteiger partial charge is 0.164 e. The third-order valence-corrected chi connectivity index (χ3v) is 3.97. The zero-order valence-corrected chi connectivity index (χ0v) is 14.0. The summed E-state index contributed by atoms with van der Waals surface area (Å²) in [4.78, 5) is 4.03. The van der Waals surface area contributed by atoms with E-state index < -0.39 is 23.2 Å². The van der Waals surface area contributed by atoms with Gasteiger partial charge in [0.05, 0.1) is 17.3 Å². The van der Waals surface area contributed by atoms with E-state index in [4.69, 9.17) is 17.2 Å². The SMILES string of the molecule is Nc1ccc(F)c(C#Cc2cnc(N)c(C(N)c3ccc(F)cc3)c2)c1F. The Morgan fingerprint density at radius 3 is 2.33 bits per heavy atom. The molecule has 7 heteroatoms. The van der Waals surface area contributed by atoms with Gasteiger partial charge in [-0.3, -0.25) is 0 Å². The molecular formula is C20H15F3N4. The highest BCUT2D eigenvalue weighted by atomic mass is 19.1. The topological polar surface area (TPSA) is 90.9 Å². The lowest BCUT2D eigenvalue weighted by Crippen LogP contribution is -2.15. The van der Waals surface area contributed by atoms with Crippen LogP contribution in [0.15, 0.2) is 48.7 Å². The van der Waals surface area contributed by atoms with Crippen molar-refractivity contribution in [3.05, 3.63) is 88.4 Å². The highest BCUT2D eigenvalue weighted by Crippen LogP contribution is 2.24. The molecule has 2 aromatic carbocycles. The van der Waals surface area contributed by atoms with Crippen molar-refractivity contribution >= 4 is 11.5 Å². The van der Waals surface area contributed by atoms with Crippen molar-refractivity contribution in [2.24, 2.45) is 5.73 Å². The molecule has 136 valence electrons. The number of benzene rings is 2. The van der Waals surface area contributed by atoms with E-state index in [0.29, 0.717) is 16.7 Å². The van der Waals surface area contributed by atoms with Gasteiger partial charge < -0.3 is 17.2 Å².